The van der Waals surface area contributed by atoms with Crippen LogP contribution in [0.5, 0.6) is 0 Å². The summed E-state index contributed by atoms with van der Waals surface area (Å²) in [5.74, 6) is -1.18. The number of esters is 1. The number of hydrogen-bond donors (Lipinski definition) is 1. The molecule has 0 saturated carbocycles. The van der Waals surface area contributed by atoms with Crippen LogP contribution in [0.2, 0.25) is 0 Å². The van der Waals surface area contributed by atoms with Gasteiger partial charge in [-0.1, -0.05) is 18.2 Å². The second kappa shape index (κ2) is 4.59. The summed E-state index contributed by atoms with van der Waals surface area (Å²) < 4.78 is 4.87. The molecule has 0 aliphatic carbocycles. The van der Waals surface area contributed by atoms with Crippen molar-refractivity contribution >= 4 is 11.9 Å². The van der Waals surface area contributed by atoms with Gasteiger partial charge in [-0.25, -0.2) is 4.79 Å². The molecule has 0 aromatic heterocycles. The van der Waals surface area contributed by atoms with Crippen molar-refractivity contribution in [1.82, 2.24) is 0 Å². The van der Waals surface area contributed by atoms with Crippen LogP contribution in [0.25, 0.3) is 0 Å². The zero-order valence-electron chi connectivity index (χ0n) is 8.69. The molecule has 2 N–H and O–H groups in total. The quantitative estimate of drug-likeness (QED) is 0.752. The van der Waals surface area contributed by atoms with Gasteiger partial charge in [-0.2, -0.15) is 0 Å². The van der Waals surface area contributed by atoms with Gasteiger partial charge < -0.3 is 10.5 Å². The van der Waals surface area contributed by atoms with Gasteiger partial charge in [-0.15, -0.1) is 0 Å². The Morgan fingerprint density at radius 3 is 2.47 bits per heavy atom. The van der Waals surface area contributed by atoms with Crippen molar-refractivity contribution in [2.45, 2.75) is 20.0 Å². The molecule has 0 saturated heterocycles. The minimum Gasteiger partial charge on any atom is -0.449 e. The van der Waals surface area contributed by atoms with Gasteiger partial charge in [0.05, 0.1) is 5.56 Å². The minimum absolute atomic E-state index is 0.450. The first kappa shape index (κ1) is 11.2. The summed E-state index contributed by atoms with van der Waals surface area (Å²) in [7, 11) is 0. The summed E-state index contributed by atoms with van der Waals surface area (Å²) in [4.78, 5) is 22.2. The lowest BCUT2D eigenvalue weighted by Crippen LogP contribution is -2.30. The van der Waals surface area contributed by atoms with Crippen LogP contribution >= 0.6 is 0 Å². The fourth-order valence-corrected chi connectivity index (χ4v) is 1.08. The Morgan fingerprint density at radius 2 is 1.93 bits per heavy atom. The van der Waals surface area contributed by atoms with Gasteiger partial charge in [0.2, 0.25) is 0 Å². The topological polar surface area (TPSA) is 69.4 Å². The Kier molecular flexibility index (Phi) is 3.44. The summed E-state index contributed by atoms with van der Waals surface area (Å²) in [6.45, 7) is 3.24. The largest absolute Gasteiger partial charge is 0.449 e. The second-order valence-electron chi connectivity index (χ2n) is 3.26. The van der Waals surface area contributed by atoms with Crippen LogP contribution in [0.15, 0.2) is 24.3 Å². The number of benzene rings is 1. The SMILES string of the molecule is Cc1ccccc1C(=O)O[C@H](C)C(N)=O. The minimum atomic E-state index is -0.905. The van der Waals surface area contributed by atoms with E-state index in [1.165, 1.54) is 6.92 Å². The molecule has 0 spiro atoms. The fraction of sp³-hybridized carbons (Fsp3) is 0.273. The number of primary amides is 1. The molecule has 0 fully saturated rings. The summed E-state index contributed by atoms with van der Waals surface area (Å²) in [5.41, 5.74) is 6.24. The maximum atomic E-state index is 11.6. The number of carbonyl (C=O) groups excluding carboxylic acids is 2. The van der Waals surface area contributed by atoms with Crippen LogP contribution in [0.4, 0.5) is 0 Å². The molecule has 1 aromatic carbocycles. The summed E-state index contributed by atoms with van der Waals surface area (Å²) in [6, 6.07) is 7.00. The zero-order valence-corrected chi connectivity index (χ0v) is 8.69. The van der Waals surface area contributed by atoms with E-state index in [0.29, 0.717) is 5.56 Å². The van der Waals surface area contributed by atoms with Crippen LogP contribution in [-0.4, -0.2) is 18.0 Å². The standard InChI is InChI=1S/C11H13NO3/c1-7-5-3-4-6-9(7)11(14)15-8(2)10(12)13/h3-6,8H,1-2H3,(H2,12,13)/t8-/m1/s1. The van der Waals surface area contributed by atoms with E-state index in [1.807, 2.05) is 6.07 Å². The summed E-state index contributed by atoms with van der Waals surface area (Å²) in [5, 5.41) is 0. The number of ether oxygens (including phenoxy) is 1. The first-order valence-electron chi connectivity index (χ1n) is 4.58. The Morgan fingerprint density at radius 1 is 1.33 bits per heavy atom. The highest BCUT2D eigenvalue weighted by Crippen LogP contribution is 2.09. The van der Waals surface area contributed by atoms with Crippen LogP contribution in [0, 0.1) is 6.92 Å². The molecule has 0 aliphatic rings. The molecule has 80 valence electrons. The van der Waals surface area contributed by atoms with E-state index in [-0.39, 0.29) is 0 Å². The van der Waals surface area contributed by atoms with E-state index >= 15 is 0 Å². The second-order valence-corrected chi connectivity index (χ2v) is 3.26. The first-order chi connectivity index (χ1) is 7.02. The van der Waals surface area contributed by atoms with Crippen LogP contribution in [0.3, 0.4) is 0 Å². The van der Waals surface area contributed by atoms with Gasteiger partial charge in [-0.3, -0.25) is 4.79 Å². The highest BCUT2D eigenvalue weighted by Gasteiger charge is 2.16. The van der Waals surface area contributed by atoms with E-state index in [1.54, 1.807) is 25.1 Å². The number of rotatable bonds is 3. The van der Waals surface area contributed by atoms with E-state index in [0.717, 1.165) is 5.56 Å². The van der Waals surface area contributed by atoms with E-state index in [2.05, 4.69) is 0 Å². The zero-order chi connectivity index (χ0) is 11.4. The molecule has 0 bridgehead atoms. The third-order valence-corrected chi connectivity index (χ3v) is 2.05. The number of amides is 1. The Hall–Kier alpha value is -1.84. The highest BCUT2D eigenvalue weighted by atomic mass is 16.5. The van der Waals surface area contributed by atoms with Gasteiger partial charge in [0.1, 0.15) is 0 Å². The predicted octanol–water partition coefficient (Wildman–Crippen LogP) is 1.03. The lowest BCUT2D eigenvalue weighted by molar-refractivity contribution is -0.125. The molecule has 0 radical (unpaired) electrons. The van der Waals surface area contributed by atoms with Gasteiger partial charge in [0.25, 0.3) is 5.91 Å². The lowest BCUT2D eigenvalue weighted by Gasteiger charge is -2.10. The van der Waals surface area contributed by atoms with Gasteiger partial charge in [0.15, 0.2) is 6.10 Å². The van der Waals surface area contributed by atoms with Gasteiger partial charge in [0, 0.05) is 0 Å². The molecule has 1 amide bonds. The van der Waals surface area contributed by atoms with E-state index < -0.39 is 18.0 Å². The number of hydrogen-bond acceptors (Lipinski definition) is 3. The molecule has 0 unspecified atom stereocenters. The monoisotopic (exact) mass is 207 g/mol. The smallest absolute Gasteiger partial charge is 0.339 e. The number of carbonyl (C=O) groups is 2. The third kappa shape index (κ3) is 2.80. The average molecular weight is 207 g/mol. The molecular weight excluding hydrogens is 194 g/mol. The fourth-order valence-electron chi connectivity index (χ4n) is 1.08. The van der Waals surface area contributed by atoms with E-state index in [4.69, 9.17) is 10.5 Å². The van der Waals surface area contributed by atoms with Crippen molar-refractivity contribution in [3.63, 3.8) is 0 Å². The molecule has 1 atom stereocenters. The molecular formula is C11H13NO3. The molecule has 4 nitrogen and oxygen atoms in total. The molecule has 0 aliphatic heterocycles. The molecule has 1 aromatic rings. The van der Waals surface area contributed by atoms with Gasteiger partial charge in [-0.05, 0) is 25.5 Å². The first-order valence-corrected chi connectivity index (χ1v) is 4.58. The maximum Gasteiger partial charge on any atom is 0.339 e. The lowest BCUT2D eigenvalue weighted by atomic mass is 10.1. The Bertz CT molecular complexity index is 387. The predicted molar refractivity (Wildman–Crippen MR) is 55.3 cm³/mol. The Balaban J connectivity index is 2.78. The van der Waals surface area contributed by atoms with Crippen molar-refractivity contribution in [1.29, 1.82) is 0 Å². The molecule has 4 heteroatoms. The highest BCUT2D eigenvalue weighted by molar-refractivity contribution is 5.93. The van der Waals surface area contributed by atoms with Gasteiger partial charge >= 0.3 is 5.97 Å². The molecule has 15 heavy (non-hydrogen) atoms. The van der Waals surface area contributed by atoms with Crippen molar-refractivity contribution in [3.05, 3.63) is 35.4 Å². The average Bonchev–Trinajstić information content (AvgIpc) is 2.18. The van der Waals surface area contributed by atoms with Crippen LogP contribution in [0.1, 0.15) is 22.8 Å². The normalized spacial score (nSPS) is 11.9. The Labute approximate surface area is 88.0 Å². The maximum absolute atomic E-state index is 11.6. The van der Waals surface area contributed by atoms with Crippen molar-refractivity contribution in [3.8, 4) is 0 Å². The van der Waals surface area contributed by atoms with Crippen molar-refractivity contribution < 1.29 is 14.3 Å². The number of nitrogens with two attached hydrogens (primary N) is 1. The van der Waals surface area contributed by atoms with Crippen LogP contribution in [-0.2, 0) is 9.53 Å². The molecule has 0 heterocycles. The molecule has 1 rings (SSSR count). The summed E-state index contributed by atoms with van der Waals surface area (Å²) >= 11 is 0. The number of aryl methyl sites for hydroxylation is 1. The van der Waals surface area contributed by atoms with Crippen LogP contribution < -0.4 is 5.73 Å². The third-order valence-electron chi connectivity index (χ3n) is 2.05. The van der Waals surface area contributed by atoms with Crippen molar-refractivity contribution in [2.75, 3.05) is 0 Å². The summed E-state index contributed by atoms with van der Waals surface area (Å²) in [6.07, 6.45) is -0.905. The van der Waals surface area contributed by atoms with E-state index in [9.17, 15) is 9.59 Å². The van der Waals surface area contributed by atoms with Crippen molar-refractivity contribution in [2.24, 2.45) is 5.73 Å².